The summed E-state index contributed by atoms with van der Waals surface area (Å²) in [6.45, 7) is 4.66. The van der Waals surface area contributed by atoms with Gasteiger partial charge in [-0.05, 0) is 109 Å². The smallest absolute Gasteiger partial charge is 0.361 e. The van der Waals surface area contributed by atoms with E-state index in [1.54, 1.807) is 0 Å². The van der Waals surface area contributed by atoms with Crippen molar-refractivity contribution in [3.05, 3.63) is 134 Å². The fourth-order valence-corrected chi connectivity index (χ4v) is 9.58. The van der Waals surface area contributed by atoms with E-state index in [0.29, 0.717) is 17.4 Å². The number of hydrogen-bond acceptors (Lipinski definition) is 7. The number of esters is 2. The van der Waals surface area contributed by atoms with Gasteiger partial charge in [-0.15, -0.1) is 0 Å². The van der Waals surface area contributed by atoms with Crippen LogP contribution in [0.1, 0.15) is 284 Å². The highest BCUT2D eigenvalue weighted by molar-refractivity contribution is 5.71. The number of quaternary nitrogens is 1. The van der Waals surface area contributed by atoms with Gasteiger partial charge in [0.2, 0.25) is 0 Å². The molecule has 0 aromatic carbocycles. The molecule has 1 N–H and O–H groups in total. The number of unbranched alkanes of at least 4 members (excludes halogenated alkanes) is 27. The number of carboxylic acids is 1. The van der Waals surface area contributed by atoms with Crippen LogP contribution >= 0.6 is 0 Å². The van der Waals surface area contributed by atoms with E-state index >= 15 is 0 Å². The molecule has 9 heteroatoms. The van der Waals surface area contributed by atoms with Gasteiger partial charge in [0.1, 0.15) is 13.2 Å². The van der Waals surface area contributed by atoms with Gasteiger partial charge in [0, 0.05) is 12.8 Å². The molecule has 0 aromatic rings. The number of rotatable bonds is 64. The molecule has 0 aliphatic heterocycles. The van der Waals surface area contributed by atoms with Crippen LogP contribution in [-0.2, 0) is 33.3 Å². The van der Waals surface area contributed by atoms with Crippen molar-refractivity contribution in [3.63, 3.8) is 0 Å². The van der Waals surface area contributed by atoms with Crippen molar-refractivity contribution in [2.75, 3.05) is 47.5 Å². The summed E-state index contributed by atoms with van der Waals surface area (Å²) in [6.07, 6.45) is 94.2. The zero-order valence-electron chi connectivity index (χ0n) is 56.6. The lowest BCUT2D eigenvalue weighted by Gasteiger charge is -2.25. The Kier molecular flexibility index (Phi) is 63.8. The monoisotopic (exact) mass is 1210 g/mol. The highest BCUT2D eigenvalue weighted by Gasteiger charge is 2.25. The van der Waals surface area contributed by atoms with Crippen molar-refractivity contribution in [3.8, 4) is 0 Å². The van der Waals surface area contributed by atoms with Crippen LogP contribution < -0.4 is 0 Å². The van der Waals surface area contributed by atoms with Crippen LogP contribution in [-0.4, -0.2) is 87.4 Å². The van der Waals surface area contributed by atoms with E-state index in [4.69, 9.17) is 18.9 Å². The SMILES string of the molecule is CC/C=C\C/C=C\C/C=C\C/C=C\C/C=C\C/C=C\C/C=C\CCCCCCCCCCCCCCCCCCCC(=O)OC(COC(=O)CCCCCCCCCCCC/C=C\C/C=C\C/C=C\C/C=C\CC)COC(OCC[N+](C)(C)C)C(=O)O. The third-order valence-corrected chi connectivity index (χ3v) is 14.9. The van der Waals surface area contributed by atoms with Gasteiger partial charge in [-0.2, -0.15) is 0 Å². The van der Waals surface area contributed by atoms with Gasteiger partial charge in [0.05, 0.1) is 34.4 Å². The second-order valence-electron chi connectivity index (χ2n) is 24.4. The van der Waals surface area contributed by atoms with Gasteiger partial charge < -0.3 is 28.5 Å². The second-order valence-corrected chi connectivity index (χ2v) is 24.4. The molecule has 0 aliphatic rings. The molecule has 0 heterocycles. The van der Waals surface area contributed by atoms with E-state index in [2.05, 4.69) is 148 Å². The van der Waals surface area contributed by atoms with E-state index in [0.717, 1.165) is 116 Å². The summed E-state index contributed by atoms with van der Waals surface area (Å²) >= 11 is 0. The topological polar surface area (TPSA) is 108 Å². The van der Waals surface area contributed by atoms with E-state index in [-0.39, 0.29) is 32.2 Å². The fourth-order valence-electron chi connectivity index (χ4n) is 9.58. The molecule has 2 atom stereocenters. The number of aliphatic carboxylic acids is 1. The molecule has 2 unspecified atom stereocenters. The number of carboxylic acid groups (broad SMARTS) is 1. The van der Waals surface area contributed by atoms with Crippen LogP contribution in [0.3, 0.4) is 0 Å². The largest absolute Gasteiger partial charge is 0.477 e. The molecule has 0 amide bonds. The maximum Gasteiger partial charge on any atom is 0.361 e. The third-order valence-electron chi connectivity index (χ3n) is 14.9. The standard InChI is InChI=1S/C78H131NO8/c1-6-8-10-12-14-16-18-20-22-24-26-28-30-31-32-33-34-35-36-37-38-39-40-41-42-43-44-45-47-49-51-53-55-57-59-61-63-65-67-69-76(81)87-74(73-86-78(77(82)83)84-71-70-79(3,4)5)72-85-75(80)68-66-64-62-60-58-56-54-52-50-48-46-29-27-25-23-21-19-17-15-13-11-9-7-2/h8-11,14-17,20-23,26-29,31-32,34-35,37-38,74,78H,6-7,12-13,18-19,24-25,30,33,36,39-73H2,1-5H3/p+1/b10-8-,11-9-,16-14-,17-15-,22-20-,23-21-,28-26-,29-27-,32-31-,35-34-,38-37-. The van der Waals surface area contributed by atoms with Crippen LogP contribution in [0.5, 0.6) is 0 Å². The number of hydrogen-bond donors (Lipinski definition) is 1. The Labute approximate surface area is 535 Å². The summed E-state index contributed by atoms with van der Waals surface area (Å²) in [5.74, 6) is -2.01. The number of carbonyl (C=O) groups is 3. The van der Waals surface area contributed by atoms with E-state index in [1.165, 1.54) is 141 Å². The van der Waals surface area contributed by atoms with Crippen molar-refractivity contribution in [2.24, 2.45) is 0 Å². The Hall–Kier alpha value is -4.57. The molecule has 0 rings (SSSR count). The number of nitrogens with zero attached hydrogens (tertiary/aromatic N) is 1. The lowest BCUT2D eigenvalue weighted by Crippen LogP contribution is -2.40. The first-order valence-corrected chi connectivity index (χ1v) is 35.3. The summed E-state index contributed by atoms with van der Waals surface area (Å²) in [5, 5.41) is 9.75. The predicted octanol–water partition coefficient (Wildman–Crippen LogP) is 22.1. The lowest BCUT2D eigenvalue weighted by atomic mass is 10.0. The Morgan fingerprint density at radius 2 is 0.621 bits per heavy atom. The van der Waals surface area contributed by atoms with E-state index < -0.39 is 24.3 Å². The maximum atomic E-state index is 13.0. The Balaban J connectivity index is 4.08. The second kappa shape index (κ2) is 67.4. The highest BCUT2D eigenvalue weighted by atomic mass is 16.7. The molecule has 87 heavy (non-hydrogen) atoms. The van der Waals surface area contributed by atoms with Crippen molar-refractivity contribution in [1.29, 1.82) is 0 Å². The molecule has 0 fully saturated rings. The summed E-state index contributed by atoms with van der Waals surface area (Å²) in [4.78, 5) is 37.6. The van der Waals surface area contributed by atoms with Crippen LogP contribution in [0.4, 0.5) is 0 Å². The van der Waals surface area contributed by atoms with Gasteiger partial charge in [-0.3, -0.25) is 9.59 Å². The van der Waals surface area contributed by atoms with Gasteiger partial charge in [-0.1, -0.05) is 295 Å². The Morgan fingerprint density at radius 3 is 0.920 bits per heavy atom. The average molecular weight is 1210 g/mol. The van der Waals surface area contributed by atoms with Crippen LogP contribution in [0, 0.1) is 0 Å². The molecule has 0 bridgehead atoms. The van der Waals surface area contributed by atoms with Crippen molar-refractivity contribution in [2.45, 2.75) is 296 Å². The number of allylic oxidation sites excluding steroid dienone is 22. The molecule has 0 aromatic heterocycles. The summed E-state index contributed by atoms with van der Waals surface area (Å²) in [6, 6.07) is 0. The summed E-state index contributed by atoms with van der Waals surface area (Å²) in [5.41, 5.74) is 0. The van der Waals surface area contributed by atoms with E-state index in [1.807, 2.05) is 21.1 Å². The predicted molar refractivity (Wildman–Crippen MR) is 373 cm³/mol. The first kappa shape index (κ1) is 82.4. The quantitative estimate of drug-likeness (QED) is 0.0211. The van der Waals surface area contributed by atoms with Crippen LogP contribution in [0.25, 0.3) is 0 Å². The molecule has 0 radical (unpaired) electrons. The van der Waals surface area contributed by atoms with Gasteiger partial charge >= 0.3 is 17.9 Å². The van der Waals surface area contributed by atoms with Crippen molar-refractivity contribution >= 4 is 17.9 Å². The fraction of sp³-hybridized carbons (Fsp3) is 0.679. The highest BCUT2D eigenvalue weighted by Crippen LogP contribution is 2.17. The Morgan fingerprint density at radius 1 is 0.345 bits per heavy atom. The third kappa shape index (κ3) is 68.8. The van der Waals surface area contributed by atoms with E-state index in [9.17, 15) is 19.5 Å². The average Bonchev–Trinajstić information content (AvgIpc) is 3.55. The number of carbonyl (C=O) groups excluding carboxylic acids is 2. The molecule has 9 nitrogen and oxygen atoms in total. The molecule has 496 valence electrons. The van der Waals surface area contributed by atoms with Gasteiger partial charge in [0.15, 0.2) is 6.10 Å². The zero-order valence-corrected chi connectivity index (χ0v) is 56.6. The van der Waals surface area contributed by atoms with Crippen molar-refractivity contribution < 1.29 is 42.9 Å². The minimum atomic E-state index is -1.52. The molecule has 0 saturated heterocycles. The molecule has 0 aliphatic carbocycles. The molecule has 0 saturated carbocycles. The maximum absolute atomic E-state index is 13.0. The van der Waals surface area contributed by atoms with Crippen LogP contribution in [0.2, 0.25) is 0 Å². The molecular formula is C78H132NO8+. The summed E-state index contributed by atoms with van der Waals surface area (Å²) < 4.78 is 23.0. The first-order chi connectivity index (χ1) is 42.6. The number of ether oxygens (including phenoxy) is 4. The summed E-state index contributed by atoms with van der Waals surface area (Å²) in [7, 11) is 5.97. The van der Waals surface area contributed by atoms with Gasteiger partial charge in [0.25, 0.3) is 6.29 Å². The Bertz CT molecular complexity index is 1890. The normalized spacial score (nSPS) is 13.5. The molecule has 0 spiro atoms. The lowest BCUT2D eigenvalue weighted by molar-refractivity contribution is -0.870. The van der Waals surface area contributed by atoms with Crippen molar-refractivity contribution in [1.82, 2.24) is 0 Å². The first-order valence-electron chi connectivity index (χ1n) is 35.3. The molecular weight excluding hydrogens is 1080 g/mol. The van der Waals surface area contributed by atoms with Gasteiger partial charge in [-0.25, -0.2) is 4.79 Å². The minimum Gasteiger partial charge on any atom is -0.477 e. The number of likely N-dealkylation sites (N-methyl/N-ethyl adjacent to an activating group) is 1. The zero-order chi connectivity index (χ0) is 63.3. The minimum absolute atomic E-state index is 0.183. The van der Waals surface area contributed by atoms with Crippen LogP contribution in [0.15, 0.2) is 134 Å².